The van der Waals surface area contributed by atoms with Gasteiger partial charge in [0.1, 0.15) is 29.3 Å². The Labute approximate surface area is 604 Å². The van der Waals surface area contributed by atoms with E-state index in [0.29, 0.717) is 27.8 Å². The number of amides is 6. The number of phenols is 1. The Kier molecular flexibility index (Phi) is 33.0. The van der Waals surface area contributed by atoms with Crippen LogP contribution in [0.1, 0.15) is 156 Å². The minimum Gasteiger partial charge on any atom is -1.00 e. The summed E-state index contributed by atoms with van der Waals surface area (Å²) in [4.78, 5) is 122. The van der Waals surface area contributed by atoms with E-state index < -0.39 is 165 Å². The van der Waals surface area contributed by atoms with Crippen LogP contribution in [0.4, 0.5) is 14.4 Å². The Hall–Kier alpha value is -7.16. The number of alkyl carbamates (subject to hydrolysis) is 3. The molecule has 4 rings (SSSR count). The van der Waals surface area contributed by atoms with E-state index in [2.05, 4.69) is 26.3 Å². The second-order valence-electron chi connectivity index (χ2n) is 23.7. The number of carbonyl (C=O) groups is 9. The first kappa shape index (κ1) is 70.2. The van der Waals surface area contributed by atoms with Gasteiger partial charge in [0.05, 0.1) is 18.1 Å². The standard InChI is InChI=1S/C47H65N7O9.C21H33N3O4.B.K/c1-30-23-36(55)24-31(2)37(30)26-35(28-41(57)39(20-14-22-51-44(49)50)54-46(61)62-29-33-17-10-7-11-18-33)43(59)53-38(19-12-13-21-52-45(60)63-47(3,4)5)40(56)27-34(42(48)58)25-32-15-8-6-9-16-32;1-21(2,3)28-20(27)24-12-8-7-11-17(22)18(25)14-16(19(23)26)13-15-9-5-4-6-10-15;;/h6-11,15-18,23-24,34-35,38-39,55H,12-14,19-22,25-29H2,1-5H3,(H2,48,58)(H,52,60)(H,53,59)(H,54,61)(H4,49,50,51);4-6,9-10,16-17H,7-8,11-14,22H2,1-3H3,(H2,23,26)(H,24,27);;/q;;-1;+1/t34-,35-,38+,39-;16-,17+;;/m11../s1/i12D2,13D2;7D2,8D2;;. The van der Waals surface area contributed by atoms with Crippen LogP contribution >= 0.6 is 0 Å². The van der Waals surface area contributed by atoms with Gasteiger partial charge in [-0.1, -0.05) is 91.0 Å². The van der Waals surface area contributed by atoms with E-state index in [4.69, 9.17) is 53.8 Å². The summed E-state index contributed by atoms with van der Waals surface area (Å²) in [7, 11) is 0. The van der Waals surface area contributed by atoms with E-state index in [1.807, 2.05) is 6.07 Å². The predicted octanol–water partition coefficient (Wildman–Crippen LogP) is 3.89. The van der Waals surface area contributed by atoms with Crippen LogP contribution in [0.3, 0.4) is 0 Å². The summed E-state index contributed by atoms with van der Waals surface area (Å²) in [6.45, 7) is 11.5. The molecule has 0 spiro atoms. The quantitative estimate of drug-likeness (QED) is 0.0101. The number of aromatic hydroxyl groups is 1. The topological polar surface area (TPSA) is 392 Å². The van der Waals surface area contributed by atoms with E-state index in [-0.39, 0.29) is 123 Å². The summed E-state index contributed by atoms with van der Waals surface area (Å²) in [5.41, 5.74) is 30.2. The van der Waals surface area contributed by atoms with Gasteiger partial charge in [0.15, 0.2) is 17.5 Å². The van der Waals surface area contributed by atoms with E-state index in [1.54, 1.807) is 140 Å². The van der Waals surface area contributed by atoms with Crippen LogP contribution in [0, 0.1) is 31.6 Å². The van der Waals surface area contributed by atoms with Crippen LogP contribution in [-0.4, -0.2) is 122 Å². The molecule has 0 unspecified atom stereocenters. The zero-order valence-electron chi connectivity index (χ0n) is 62.9. The monoisotopic (exact) mass is 1320 g/mol. The molecule has 25 heteroatoms. The Balaban J connectivity index is 0.00000126. The van der Waals surface area contributed by atoms with Crippen molar-refractivity contribution in [3.8, 4) is 5.75 Å². The SMILES string of the molecule is [2H]C([2H])(CNC(=O)OC(C)(C)C)C([2H])([2H])C[C@H](N)C(=O)C[C@@H](Cc1ccccc1)C(N)=O.[2H]C([2H])(CNC(=O)OC(C)(C)C)C([2H])([2H])C[C@H](NC(=O)[C@@H](CC(=O)[C@@H](CCCN=C(N)N)NC(=O)OCc1ccccc1)Cc1c(C)cc(O)cc1C)C(=O)C[C@@H](Cc1ccccc1)C(N)=O.[B-].[K+]. The average Bonchev–Trinajstić information content (AvgIpc) is 0.814. The van der Waals surface area contributed by atoms with E-state index in [9.17, 15) is 48.3 Å². The van der Waals surface area contributed by atoms with Crippen molar-refractivity contribution in [2.75, 3.05) is 19.6 Å². The van der Waals surface area contributed by atoms with Gasteiger partial charge >= 0.3 is 69.7 Å². The van der Waals surface area contributed by atoms with Crippen molar-refractivity contribution in [2.45, 2.75) is 181 Å². The molecule has 23 nitrogen and oxygen atoms in total. The Bertz CT molecular complexity index is 3390. The molecule has 0 bridgehead atoms. The zero-order chi connectivity index (χ0) is 74.9. The van der Waals surface area contributed by atoms with Gasteiger partial charge < -0.3 is 77.7 Å². The summed E-state index contributed by atoms with van der Waals surface area (Å²) in [6, 6.07) is 25.1. The molecular formula is C68H98BKN10O13. The van der Waals surface area contributed by atoms with E-state index in [0.717, 1.165) is 5.56 Å². The van der Waals surface area contributed by atoms with Crippen molar-refractivity contribution >= 4 is 67.7 Å². The molecule has 0 aliphatic carbocycles. The number of aryl methyl sites for hydroxylation is 2. The number of nitrogens with zero attached hydrogens (tertiary/aromatic N) is 1. The molecule has 4 aromatic carbocycles. The van der Waals surface area contributed by atoms with Gasteiger partial charge in [0, 0.05) is 67.6 Å². The largest absolute Gasteiger partial charge is 1.00 e. The molecule has 0 heterocycles. The molecule has 6 amide bonds. The maximum Gasteiger partial charge on any atom is 1.00 e. The van der Waals surface area contributed by atoms with Gasteiger partial charge in [-0.3, -0.25) is 33.8 Å². The summed E-state index contributed by atoms with van der Waals surface area (Å²) in [5.74, 6) is -7.94. The Morgan fingerprint density at radius 1 is 0.559 bits per heavy atom. The second-order valence-corrected chi connectivity index (χ2v) is 23.7. The third-order valence-corrected chi connectivity index (χ3v) is 13.6. The first-order valence-electron chi connectivity index (χ1n) is 33.9. The molecule has 0 aromatic heterocycles. The number of phenolic OH excluding ortho intramolecular Hbond substituents is 1. The summed E-state index contributed by atoms with van der Waals surface area (Å²) in [6.07, 6.45) is -16.3. The van der Waals surface area contributed by atoms with Crippen LogP contribution in [0.5, 0.6) is 5.75 Å². The number of Topliss-reactive ketones (excluding diaryl/α,β-unsaturated/α-hetero) is 3. The number of hydrogen-bond acceptors (Lipinski definition) is 15. The number of ether oxygens (including phenoxy) is 3. The zero-order valence-corrected chi connectivity index (χ0v) is 58.1. The number of aliphatic imine (C=N–C) groups is 1. The van der Waals surface area contributed by atoms with Crippen molar-refractivity contribution in [3.05, 3.63) is 137 Å². The number of carbonyl (C=O) groups excluding carboxylic acids is 9. The molecule has 0 aliphatic rings. The van der Waals surface area contributed by atoms with Crippen LogP contribution < -0.4 is 101 Å². The molecule has 502 valence electrons. The molecule has 0 aliphatic heterocycles. The molecule has 0 fully saturated rings. The molecule has 4 radical (unpaired) electrons. The number of benzene rings is 4. The third-order valence-electron chi connectivity index (χ3n) is 13.6. The third kappa shape index (κ3) is 36.2. The smallest absolute Gasteiger partial charge is 1.00 e. The maximum atomic E-state index is 14.7. The number of ketones is 3. The average molecular weight is 1320 g/mol. The van der Waals surface area contributed by atoms with Crippen LogP contribution in [0.2, 0.25) is 0 Å². The van der Waals surface area contributed by atoms with Crippen LogP contribution in [0.25, 0.3) is 0 Å². The fourth-order valence-electron chi connectivity index (χ4n) is 9.02. The molecular weight excluding hydrogens is 1210 g/mol. The van der Waals surface area contributed by atoms with Crippen LogP contribution in [0.15, 0.2) is 108 Å². The Morgan fingerprint density at radius 3 is 1.42 bits per heavy atom. The van der Waals surface area contributed by atoms with Gasteiger partial charge in [0.2, 0.25) is 17.7 Å². The number of rotatable bonds is 36. The second kappa shape index (κ2) is 43.7. The van der Waals surface area contributed by atoms with Gasteiger partial charge in [0.25, 0.3) is 0 Å². The normalized spacial score (nSPS) is 14.8. The van der Waals surface area contributed by atoms with Crippen molar-refractivity contribution in [1.82, 2.24) is 21.3 Å². The maximum absolute atomic E-state index is 14.7. The fourth-order valence-corrected chi connectivity index (χ4v) is 9.02. The minimum atomic E-state index is -2.93. The van der Waals surface area contributed by atoms with Crippen molar-refractivity contribution < 1.29 is 125 Å². The molecule has 4 aromatic rings. The first-order chi connectivity index (χ1) is 45.8. The van der Waals surface area contributed by atoms with E-state index in [1.165, 1.54) is 12.1 Å². The van der Waals surface area contributed by atoms with E-state index >= 15 is 0 Å². The number of nitrogens with one attached hydrogen (secondary N) is 4. The molecule has 0 saturated heterocycles. The van der Waals surface area contributed by atoms with Gasteiger partial charge in [-0.2, -0.15) is 0 Å². The summed E-state index contributed by atoms with van der Waals surface area (Å²) < 4.78 is 83.0. The number of hydrogen-bond donors (Lipinski definition) is 10. The summed E-state index contributed by atoms with van der Waals surface area (Å²) in [5, 5.41) is 19.9. The van der Waals surface area contributed by atoms with Crippen LogP contribution in [-0.2, 0) is 68.8 Å². The van der Waals surface area contributed by atoms with Gasteiger partial charge in [-0.05, 0) is 171 Å². The number of guanidine groups is 1. The molecule has 6 atom stereocenters. The molecule has 0 saturated carbocycles. The molecule has 93 heavy (non-hydrogen) atoms. The molecule has 15 N–H and O–H groups in total. The summed E-state index contributed by atoms with van der Waals surface area (Å²) >= 11 is 0. The van der Waals surface area contributed by atoms with Crippen molar-refractivity contribution in [2.24, 2.45) is 51.4 Å². The Morgan fingerprint density at radius 2 is 0.978 bits per heavy atom. The first-order valence-corrected chi connectivity index (χ1v) is 29.9. The van der Waals surface area contributed by atoms with Gasteiger partial charge in [-0.15, -0.1) is 0 Å². The van der Waals surface area contributed by atoms with Crippen molar-refractivity contribution in [1.29, 1.82) is 0 Å². The van der Waals surface area contributed by atoms with Crippen molar-refractivity contribution in [3.63, 3.8) is 0 Å². The fraction of sp³-hybridized carbons (Fsp3) is 0.500. The van der Waals surface area contributed by atoms with Gasteiger partial charge in [-0.25, -0.2) is 14.4 Å². The number of nitrogens with two attached hydrogens (primary N) is 5. The predicted molar refractivity (Wildman–Crippen MR) is 355 cm³/mol. The minimum absolute atomic E-state index is 0. The number of primary amides is 2.